The van der Waals surface area contributed by atoms with Gasteiger partial charge in [-0.05, 0) is 18.6 Å². The third-order valence-electron chi connectivity index (χ3n) is 1.90. The topological polar surface area (TPSA) is 69.9 Å². The molecule has 0 heterocycles. The summed E-state index contributed by atoms with van der Waals surface area (Å²) in [5.74, 6) is -0.284. The number of Topliss-reactive ketones (excluding diaryl/α,β-unsaturated/α-hetero) is 1. The van der Waals surface area contributed by atoms with Gasteiger partial charge in [-0.15, -0.1) is 5.16 Å². The molecule has 0 radical (unpaired) electrons. The quantitative estimate of drug-likeness (QED) is 0.332. The highest BCUT2D eigenvalue weighted by Gasteiger charge is 2.10. The Labute approximate surface area is 81.5 Å². The zero-order chi connectivity index (χ0) is 10.6. The fraction of sp³-hybridized carbons (Fsp3) is 0.200. The molecule has 4 nitrogen and oxygen atoms in total. The van der Waals surface area contributed by atoms with Gasteiger partial charge < -0.3 is 10.3 Å². The molecule has 0 amide bonds. The summed E-state index contributed by atoms with van der Waals surface area (Å²) in [4.78, 5) is 11.4. The van der Waals surface area contributed by atoms with Gasteiger partial charge in [-0.2, -0.15) is 0 Å². The van der Waals surface area contributed by atoms with Gasteiger partial charge in [0.25, 0.3) is 0 Å². The zero-order valence-corrected chi connectivity index (χ0v) is 7.77. The van der Waals surface area contributed by atoms with E-state index < -0.39 is 0 Å². The number of phenolic OH excluding ortho intramolecular Hbond substituents is 1. The van der Waals surface area contributed by atoms with Crippen molar-refractivity contribution in [1.29, 1.82) is 0 Å². The number of phenols is 1. The number of aryl methyl sites for hydroxylation is 1. The van der Waals surface area contributed by atoms with Gasteiger partial charge in [0, 0.05) is 6.42 Å². The molecule has 0 aromatic heterocycles. The van der Waals surface area contributed by atoms with Crippen molar-refractivity contribution in [2.24, 2.45) is 5.16 Å². The van der Waals surface area contributed by atoms with Gasteiger partial charge in [-0.3, -0.25) is 4.79 Å². The first kappa shape index (κ1) is 10.2. The molecule has 4 heteroatoms. The predicted octanol–water partition coefficient (Wildman–Crippen LogP) is 1.73. The van der Waals surface area contributed by atoms with E-state index in [9.17, 15) is 9.90 Å². The molecular formula is C10H11NO3. The minimum atomic E-state index is -0.274. The molecule has 0 aliphatic heterocycles. The lowest BCUT2D eigenvalue weighted by atomic mass is 10.0. The van der Waals surface area contributed by atoms with Crippen LogP contribution in [-0.4, -0.2) is 22.3 Å². The molecule has 0 saturated heterocycles. The van der Waals surface area contributed by atoms with Crippen molar-refractivity contribution in [1.82, 2.24) is 0 Å². The van der Waals surface area contributed by atoms with Crippen molar-refractivity contribution in [3.05, 3.63) is 29.3 Å². The minimum Gasteiger partial charge on any atom is -0.507 e. The van der Waals surface area contributed by atoms with Crippen molar-refractivity contribution in [2.75, 3.05) is 0 Å². The van der Waals surface area contributed by atoms with Crippen molar-refractivity contribution in [2.45, 2.75) is 13.3 Å². The number of oxime groups is 1. The lowest BCUT2D eigenvalue weighted by Gasteiger charge is -2.03. The molecule has 1 aromatic rings. The molecule has 0 fully saturated rings. The number of aromatic hydroxyl groups is 1. The van der Waals surface area contributed by atoms with E-state index in [4.69, 9.17) is 5.21 Å². The summed E-state index contributed by atoms with van der Waals surface area (Å²) in [5, 5.41) is 20.4. The summed E-state index contributed by atoms with van der Waals surface area (Å²) < 4.78 is 0. The Bertz CT molecular complexity index is 372. The van der Waals surface area contributed by atoms with Crippen LogP contribution in [-0.2, 0) is 0 Å². The van der Waals surface area contributed by atoms with Crippen molar-refractivity contribution in [3.63, 3.8) is 0 Å². The summed E-state index contributed by atoms with van der Waals surface area (Å²) in [6, 6.07) is 4.94. The molecule has 2 N–H and O–H groups in total. The van der Waals surface area contributed by atoms with Gasteiger partial charge in [0.05, 0.1) is 11.8 Å². The van der Waals surface area contributed by atoms with Crippen molar-refractivity contribution < 1.29 is 15.1 Å². The molecule has 1 aromatic carbocycles. The number of rotatable bonds is 3. The zero-order valence-electron chi connectivity index (χ0n) is 7.77. The third-order valence-corrected chi connectivity index (χ3v) is 1.90. The maximum absolute atomic E-state index is 11.4. The lowest BCUT2D eigenvalue weighted by molar-refractivity contribution is 0.0998. The summed E-state index contributed by atoms with van der Waals surface area (Å²) in [5.41, 5.74) is 0.904. The highest BCUT2D eigenvalue weighted by atomic mass is 16.4. The van der Waals surface area contributed by atoms with E-state index in [0.29, 0.717) is 5.56 Å². The van der Waals surface area contributed by atoms with Crippen LogP contribution in [0, 0.1) is 6.92 Å². The van der Waals surface area contributed by atoms with E-state index in [1.165, 1.54) is 6.07 Å². The fourth-order valence-electron chi connectivity index (χ4n) is 1.12. The van der Waals surface area contributed by atoms with E-state index in [-0.39, 0.29) is 23.5 Å². The van der Waals surface area contributed by atoms with Gasteiger partial charge in [0.15, 0.2) is 5.78 Å². The van der Waals surface area contributed by atoms with Crippen LogP contribution in [0.1, 0.15) is 22.3 Å². The van der Waals surface area contributed by atoms with E-state index in [1.54, 1.807) is 19.1 Å². The summed E-state index contributed by atoms with van der Waals surface area (Å²) in [6.45, 7) is 1.71. The molecule has 0 aliphatic carbocycles. The molecule has 0 aliphatic rings. The molecule has 0 spiro atoms. The lowest BCUT2D eigenvalue weighted by Crippen LogP contribution is -2.00. The molecule has 1 rings (SSSR count). The van der Waals surface area contributed by atoms with Gasteiger partial charge in [-0.1, -0.05) is 12.1 Å². The van der Waals surface area contributed by atoms with Crippen LogP contribution in [0.2, 0.25) is 0 Å². The Morgan fingerprint density at radius 1 is 1.57 bits per heavy atom. The Morgan fingerprint density at radius 2 is 2.29 bits per heavy atom. The average molecular weight is 193 g/mol. The van der Waals surface area contributed by atoms with Gasteiger partial charge in [0.2, 0.25) is 0 Å². The first-order chi connectivity index (χ1) is 6.66. The minimum absolute atomic E-state index is 0.0103. The van der Waals surface area contributed by atoms with E-state index >= 15 is 0 Å². The Kier molecular flexibility index (Phi) is 3.23. The number of benzene rings is 1. The highest BCUT2D eigenvalue weighted by Crippen LogP contribution is 2.22. The summed E-state index contributed by atoms with van der Waals surface area (Å²) >= 11 is 0. The second-order valence-corrected chi connectivity index (χ2v) is 2.90. The highest BCUT2D eigenvalue weighted by molar-refractivity contribution is 6.05. The van der Waals surface area contributed by atoms with Crippen LogP contribution in [0.15, 0.2) is 23.4 Å². The van der Waals surface area contributed by atoms with Crippen LogP contribution in [0.5, 0.6) is 5.75 Å². The Morgan fingerprint density at radius 3 is 2.93 bits per heavy atom. The molecule has 0 saturated carbocycles. The first-order valence-electron chi connectivity index (χ1n) is 4.14. The van der Waals surface area contributed by atoms with Gasteiger partial charge in [-0.25, -0.2) is 0 Å². The number of para-hydroxylation sites is 1. The summed E-state index contributed by atoms with van der Waals surface area (Å²) in [7, 11) is 0. The Hall–Kier alpha value is -1.84. The van der Waals surface area contributed by atoms with Crippen molar-refractivity contribution >= 4 is 12.0 Å². The van der Waals surface area contributed by atoms with Crippen molar-refractivity contribution in [3.8, 4) is 5.75 Å². The van der Waals surface area contributed by atoms with Crippen LogP contribution in [0.25, 0.3) is 0 Å². The predicted molar refractivity (Wildman–Crippen MR) is 52.1 cm³/mol. The van der Waals surface area contributed by atoms with Crippen LogP contribution >= 0.6 is 0 Å². The number of ketones is 1. The number of hydrogen-bond acceptors (Lipinski definition) is 4. The smallest absolute Gasteiger partial charge is 0.172 e. The molecule has 74 valence electrons. The van der Waals surface area contributed by atoms with E-state index in [0.717, 1.165) is 6.21 Å². The molecule has 0 atom stereocenters. The second-order valence-electron chi connectivity index (χ2n) is 2.90. The van der Waals surface area contributed by atoms with E-state index in [1.807, 2.05) is 0 Å². The normalized spacial score (nSPS) is 10.6. The SMILES string of the molecule is Cc1cccc(C(=O)C/C=N/O)c1O. The summed E-state index contributed by atoms with van der Waals surface area (Å²) in [6.07, 6.45) is 1.07. The van der Waals surface area contributed by atoms with Crippen LogP contribution < -0.4 is 0 Å². The third kappa shape index (κ3) is 2.10. The number of hydrogen-bond donors (Lipinski definition) is 2. The Balaban J connectivity index is 2.95. The molecule has 0 unspecified atom stereocenters. The first-order valence-corrected chi connectivity index (χ1v) is 4.14. The number of nitrogens with zero attached hydrogens (tertiary/aromatic N) is 1. The maximum atomic E-state index is 11.4. The fourth-order valence-corrected chi connectivity index (χ4v) is 1.12. The van der Waals surface area contributed by atoms with Crippen LogP contribution in [0.4, 0.5) is 0 Å². The molecule has 0 bridgehead atoms. The second kappa shape index (κ2) is 4.41. The number of carbonyl (C=O) groups excluding carboxylic acids is 1. The molecular weight excluding hydrogens is 182 g/mol. The van der Waals surface area contributed by atoms with Gasteiger partial charge in [0.1, 0.15) is 5.75 Å². The molecule has 14 heavy (non-hydrogen) atoms. The van der Waals surface area contributed by atoms with Gasteiger partial charge >= 0.3 is 0 Å². The average Bonchev–Trinajstić information content (AvgIpc) is 2.18. The standard InChI is InChI=1S/C10H11NO3/c1-7-3-2-4-8(10(7)13)9(12)5-6-11-14/h2-4,6,13-14H,5H2,1H3/b11-6+. The maximum Gasteiger partial charge on any atom is 0.172 e. The van der Waals surface area contributed by atoms with Crippen LogP contribution in [0.3, 0.4) is 0 Å². The van der Waals surface area contributed by atoms with E-state index in [2.05, 4.69) is 5.16 Å². The largest absolute Gasteiger partial charge is 0.507 e. The number of carbonyl (C=O) groups is 1. The monoisotopic (exact) mass is 193 g/mol.